The predicted octanol–water partition coefficient (Wildman–Crippen LogP) is 0.623. The van der Waals surface area contributed by atoms with Crippen molar-refractivity contribution in [3.63, 3.8) is 0 Å². The summed E-state index contributed by atoms with van der Waals surface area (Å²) >= 11 is 1.85. The van der Waals surface area contributed by atoms with E-state index in [1.54, 1.807) is 11.8 Å². The van der Waals surface area contributed by atoms with Crippen molar-refractivity contribution < 1.29 is 19.4 Å². The fourth-order valence-corrected chi connectivity index (χ4v) is 3.34. The number of aliphatic carboxylic acids is 1. The minimum Gasteiger partial charge on any atom is -0.481 e. The van der Waals surface area contributed by atoms with E-state index in [2.05, 4.69) is 12.2 Å². The quantitative estimate of drug-likeness (QED) is 0.779. The first kappa shape index (κ1) is 14.5. The molecule has 7 heteroatoms. The molecule has 0 bridgehead atoms. The van der Waals surface area contributed by atoms with Gasteiger partial charge in [0.25, 0.3) is 0 Å². The van der Waals surface area contributed by atoms with Gasteiger partial charge in [0, 0.05) is 24.1 Å². The lowest BCUT2D eigenvalue weighted by molar-refractivity contribution is -0.148. The first-order valence-corrected chi connectivity index (χ1v) is 7.46. The molecule has 2 aliphatic rings. The molecule has 2 N–H and O–H groups in total. The van der Waals surface area contributed by atoms with Crippen LogP contribution in [0.3, 0.4) is 0 Å². The fourth-order valence-electron chi connectivity index (χ4n) is 2.33. The Balaban J connectivity index is 1.96. The fraction of sp³-hybridized carbons (Fsp3) is 0.833. The van der Waals surface area contributed by atoms with Crippen molar-refractivity contribution in [2.75, 3.05) is 32.1 Å². The molecular formula is C12H20N2O4S. The molecule has 6 nitrogen and oxygen atoms in total. The van der Waals surface area contributed by atoms with Gasteiger partial charge in [0.15, 0.2) is 0 Å². The zero-order valence-corrected chi connectivity index (χ0v) is 12.0. The standard InChI is InChI=1S/C12H20N2O4S/c1-8-5-14(3-4-19-8)11(17)13-9-6-18-7-12(9,2)10(15)16/h8-9H,3-7H2,1-2H3,(H,13,17)(H,15,16). The van der Waals surface area contributed by atoms with Crippen LogP contribution < -0.4 is 5.32 Å². The number of amides is 2. The van der Waals surface area contributed by atoms with E-state index in [1.165, 1.54) is 0 Å². The average Bonchev–Trinajstić information content (AvgIpc) is 2.72. The highest BCUT2D eigenvalue weighted by Gasteiger charge is 2.47. The molecule has 0 aromatic rings. The molecular weight excluding hydrogens is 268 g/mol. The largest absolute Gasteiger partial charge is 0.481 e. The molecule has 3 atom stereocenters. The Morgan fingerprint density at radius 1 is 1.53 bits per heavy atom. The van der Waals surface area contributed by atoms with Crippen molar-refractivity contribution in [3.8, 4) is 0 Å². The van der Waals surface area contributed by atoms with Crippen LogP contribution in [0, 0.1) is 5.41 Å². The molecule has 0 aromatic carbocycles. The zero-order valence-electron chi connectivity index (χ0n) is 11.2. The van der Waals surface area contributed by atoms with Gasteiger partial charge >= 0.3 is 12.0 Å². The molecule has 2 saturated heterocycles. The van der Waals surface area contributed by atoms with E-state index >= 15 is 0 Å². The monoisotopic (exact) mass is 288 g/mol. The third kappa shape index (κ3) is 2.97. The molecule has 2 amide bonds. The summed E-state index contributed by atoms with van der Waals surface area (Å²) in [6, 6.07) is -0.655. The lowest BCUT2D eigenvalue weighted by Crippen LogP contribution is -2.55. The summed E-state index contributed by atoms with van der Waals surface area (Å²) in [6.45, 7) is 5.50. The van der Waals surface area contributed by atoms with Crippen molar-refractivity contribution >= 4 is 23.8 Å². The number of nitrogens with one attached hydrogen (secondary N) is 1. The van der Waals surface area contributed by atoms with Gasteiger partial charge in [-0.1, -0.05) is 6.92 Å². The van der Waals surface area contributed by atoms with Crippen LogP contribution in [0.5, 0.6) is 0 Å². The van der Waals surface area contributed by atoms with E-state index in [0.717, 1.165) is 5.75 Å². The van der Waals surface area contributed by atoms with Crippen LogP contribution in [0.1, 0.15) is 13.8 Å². The highest BCUT2D eigenvalue weighted by molar-refractivity contribution is 7.99. The maximum Gasteiger partial charge on any atom is 0.317 e. The first-order chi connectivity index (χ1) is 8.93. The number of nitrogens with zero attached hydrogens (tertiary/aromatic N) is 1. The van der Waals surface area contributed by atoms with E-state index in [-0.39, 0.29) is 19.2 Å². The number of carboxylic acid groups (broad SMARTS) is 1. The van der Waals surface area contributed by atoms with E-state index < -0.39 is 17.4 Å². The Hall–Kier alpha value is -0.950. The maximum absolute atomic E-state index is 12.2. The first-order valence-electron chi connectivity index (χ1n) is 6.41. The number of rotatable bonds is 2. The van der Waals surface area contributed by atoms with E-state index in [1.807, 2.05) is 11.8 Å². The Kier molecular flexibility index (Phi) is 4.25. The van der Waals surface area contributed by atoms with Crippen LogP contribution in [0.15, 0.2) is 0 Å². The van der Waals surface area contributed by atoms with Gasteiger partial charge in [0.1, 0.15) is 5.41 Å². The molecule has 108 valence electrons. The lowest BCUT2D eigenvalue weighted by atomic mass is 9.85. The van der Waals surface area contributed by atoms with Gasteiger partial charge in [-0.25, -0.2) is 4.79 Å². The van der Waals surface area contributed by atoms with Gasteiger partial charge in [0.05, 0.1) is 19.3 Å². The molecule has 0 aliphatic carbocycles. The number of carboxylic acids is 1. The second-order valence-electron chi connectivity index (χ2n) is 5.37. The number of urea groups is 1. The summed E-state index contributed by atoms with van der Waals surface area (Å²) in [6.07, 6.45) is 0. The summed E-state index contributed by atoms with van der Waals surface area (Å²) in [7, 11) is 0. The van der Waals surface area contributed by atoms with Crippen LogP contribution >= 0.6 is 11.8 Å². The minimum absolute atomic E-state index is 0.138. The maximum atomic E-state index is 12.2. The number of ether oxygens (including phenoxy) is 1. The molecule has 0 saturated carbocycles. The van der Waals surface area contributed by atoms with Crippen molar-refractivity contribution in [2.24, 2.45) is 5.41 Å². The van der Waals surface area contributed by atoms with E-state index in [9.17, 15) is 14.7 Å². The van der Waals surface area contributed by atoms with Crippen LogP contribution in [-0.2, 0) is 9.53 Å². The summed E-state index contributed by atoms with van der Waals surface area (Å²) in [4.78, 5) is 25.2. The highest BCUT2D eigenvalue weighted by atomic mass is 32.2. The Bertz CT molecular complexity index is 379. The number of thioether (sulfide) groups is 1. The second kappa shape index (κ2) is 5.58. The smallest absolute Gasteiger partial charge is 0.317 e. The molecule has 2 fully saturated rings. The van der Waals surface area contributed by atoms with Gasteiger partial charge in [0.2, 0.25) is 0 Å². The normalized spacial score (nSPS) is 35.2. The summed E-state index contributed by atoms with van der Waals surface area (Å²) in [5.41, 5.74) is -1.04. The van der Waals surface area contributed by atoms with Crippen molar-refractivity contribution in [1.29, 1.82) is 0 Å². The SMILES string of the molecule is CC1CN(C(=O)NC2COCC2(C)C(=O)O)CCS1. The topological polar surface area (TPSA) is 78.9 Å². The summed E-state index contributed by atoms with van der Waals surface area (Å²) in [5.74, 6) is -0.00996. The zero-order chi connectivity index (χ0) is 14.0. The molecule has 2 rings (SSSR count). The average molecular weight is 288 g/mol. The van der Waals surface area contributed by atoms with Crippen LogP contribution in [0.4, 0.5) is 4.79 Å². The number of carbonyl (C=O) groups excluding carboxylic acids is 1. The highest BCUT2D eigenvalue weighted by Crippen LogP contribution is 2.29. The van der Waals surface area contributed by atoms with Gasteiger partial charge in [-0.15, -0.1) is 0 Å². The minimum atomic E-state index is -1.04. The van der Waals surface area contributed by atoms with Gasteiger partial charge in [-0.3, -0.25) is 4.79 Å². The summed E-state index contributed by atoms with van der Waals surface area (Å²) in [5, 5.41) is 12.5. The van der Waals surface area contributed by atoms with Crippen LogP contribution in [-0.4, -0.2) is 65.4 Å². The number of carbonyl (C=O) groups is 2. The molecule has 0 aromatic heterocycles. The van der Waals surface area contributed by atoms with Crippen molar-refractivity contribution in [3.05, 3.63) is 0 Å². The van der Waals surface area contributed by atoms with Gasteiger partial charge in [-0.05, 0) is 6.92 Å². The molecule has 0 spiro atoms. The van der Waals surface area contributed by atoms with Gasteiger partial charge < -0.3 is 20.1 Å². The van der Waals surface area contributed by atoms with Gasteiger partial charge in [-0.2, -0.15) is 11.8 Å². The Morgan fingerprint density at radius 3 is 2.89 bits per heavy atom. The van der Waals surface area contributed by atoms with E-state index in [4.69, 9.17) is 4.74 Å². The van der Waals surface area contributed by atoms with Crippen LogP contribution in [0.2, 0.25) is 0 Å². The Morgan fingerprint density at radius 2 is 2.26 bits per heavy atom. The van der Waals surface area contributed by atoms with Crippen molar-refractivity contribution in [2.45, 2.75) is 25.1 Å². The summed E-state index contributed by atoms with van der Waals surface area (Å²) < 4.78 is 5.23. The van der Waals surface area contributed by atoms with Crippen molar-refractivity contribution in [1.82, 2.24) is 10.2 Å². The lowest BCUT2D eigenvalue weighted by Gasteiger charge is -2.33. The third-order valence-electron chi connectivity index (χ3n) is 3.77. The molecule has 2 aliphatic heterocycles. The molecule has 3 unspecified atom stereocenters. The molecule has 19 heavy (non-hydrogen) atoms. The number of hydrogen-bond donors (Lipinski definition) is 2. The number of hydrogen-bond acceptors (Lipinski definition) is 4. The molecule has 0 radical (unpaired) electrons. The third-order valence-corrected chi connectivity index (χ3v) is 4.91. The molecule has 2 heterocycles. The van der Waals surface area contributed by atoms with Crippen LogP contribution in [0.25, 0.3) is 0 Å². The Labute approximate surface area is 116 Å². The second-order valence-corrected chi connectivity index (χ2v) is 6.91. The predicted molar refractivity (Wildman–Crippen MR) is 72.4 cm³/mol. The van der Waals surface area contributed by atoms with E-state index in [0.29, 0.717) is 18.3 Å².